The summed E-state index contributed by atoms with van der Waals surface area (Å²) in [5, 5.41) is 25.6. The summed E-state index contributed by atoms with van der Waals surface area (Å²) in [6.45, 7) is 0. The van der Waals surface area contributed by atoms with Crippen molar-refractivity contribution in [3.63, 3.8) is 0 Å². The summed E-state index contributed by atoms with van der Waals surface area (Å²) >= 11 is 0. The van der Waals surface area contributed by atoms with E-state index in [1.54, 1.807) is 0 Å². The molecule has 88 valence electrons. The first-order valence-corrected chi connectivity index (χ1v) is 3.85. The van der Waals surface area contributed by atoms with Crippen LogP contribution in [-0.4, -0.2) is 23.3 Å². The van der Waals surface area contributed by atoms with Gasteiger partial charge in [0, 0.05) is 17.8 Å². The van der Waals surface area contributed by atoms with Crippen LogP contribution in [0, 0.1) is 10.1 Å². The fourth-order valence-corrected chi connectivity index (χ4v) is 0.829. The van der Waals surface area contributed by atoms with Crippen molar-refractivity contribution in [1.82, 2.24) is 0 Å². The molecule has 0 fully saturated rings. The Morgan fingerprint density at radius 1 is 1.47 bits per heavy atom. The fraction of sp³-hybridized carbons (Fsp3) is 0.125. The Bertz CT molecular complexity index is 394. The normalized spacial score (nSPS) is 8.06. The van der Waals surface area contributed by atoms with E-state index in [1.165, 1.54) is 25.3 Å². The average Bonchev–Trinajstić information content (AvgIpc) is 2.15. The van der Waals surface area contributed by atoms with Crippen LogP contribution in [0.3, 0.4) is 0 Å². The first-order chi connectivity index (χ1) is 7.36. The summed E-state index contributed by atoms with van der Waals surface area (Å²) < 4.78 is 4.80. The average molecular weight is 252 g/mol. The number of hydrogen-bond acceptors (Lipinski definition) is 6. The number of nitro groups is 1. The molecule has 8 nitrogen and oxygen atoms in total. The van der Waals surface area contributed by atoms with E-state index in [0.717, 1.165) is 0 Å². The summed E-state index contributed by atoms with van der Waals surface area (Å²) in [5.41, 5.74) is 5.65. The molecule has 0 aliphatic carbocycles. The van der Waals surface area contributed by atoms with Crippen LogP contribution in [0.1, 0.15) is 0 Å². The molecule has 0 atom stereocenters. The predicted octanol–water partition coefficient (Wildman–Crippen LogP) is -2.92. The fourth-order valence-electron chi connectivity index (χ4n) is 0.829. The summed E-state index contributed by atoms with van der Waals surface area (Å²) in [7, 11) is 1.43. The Balaban J connectivity index is 0. The van der Waals surface area contributed by atoms with Crippen molar-refractivity contribution in [3.05, 3.63) is 28.3 Å². The number of hydrogen-bond donors (Lipinski definition) is 2. The molecule has 0 spiro atoms. The molecule has 0 aliphatic heterocycles. The number of carboxylic acid groups (broad SMARTS) is 2. The molecule has 0 aromatic heterocycles. The van der Waals surface area contributed by atoms with Crippen LogP contribution in [0.4, 0.5) is 16.2 Å². The number of nitrogens with two attached hydrogens (primary N) is 1. The van der Waals surface area contributed by atoms with E-state index in [2.05, 4.69) is 0 Å². The molecule has 0 heterocycles. The molecule has 3 N–H and O–H groups in total. The van der Waals surface area contributed by atoms with Gasteiger partial charge in [0.1, 0.15) is 5.75 Å². The summed E-state index contributed by atoms with van der Waals surface area (Å²) in [6.07, 6.45) is -2.08. The van der Waals surface area contributed by atoms with Gasteiger partial charge in [0.05, 0.1) is 18.1 Å². The maximum Gasteiger partial charge on any atom is 1.00 e. The van der Waals surface area contributed by atoms with Crippen molar-refractivity contribution in [2.45, 2.75) is 0 Å². The number of non-ortho nitro benzene ring substituents is 1. The van der Waals surface area contributed by atoms with E-state index in [0.29, 0.717) is 11.4 Å². The molecule has 0 aliphatic rings. The summed E-state index contributed by atoms with van der Waals surface area (Å²) in [5.74, 6) is 0.390. The second-order valence-corrected chi connectivity index (χ2v) is 2.49. The molecule has 0 unspecified atom stereocenters. The van der Waals surface area contributed by atoms with Gasteiger partial charge in [-0.3, -0.25) is 10.1 Å². The molecule has 1 aromatic carbocycles. The van der Waals surface area contributed by atoms with E-state index < -0.39 is 11.1 Å². The Kier molecular flexibility index (Phi) is 9.06. The number of anilines is 1. The van der Waals surface area contributed by atoms with Crippen LogP contribution in [0.2, 0.25) is 0 Å². The van der Waals surface area contributed by atoms with Crippen molar-refractivity contribution >= 4 is 17.5 Å². The van der Waals surface area contributed by atoms with E-state index >= 15 is 0 Å². The van der Waals surface area contributed by atoms with Crippen molar-refractivity contribution in [1.29, 1.82) is 0 Å². The second-order valence-electron chi connectivity index (χ2n) is 2.49. The Hall–Kier alpha value is -1.51. The molecule has 1 rings (SSSR count). The number of nitrogens with zero attached hydrogens (tertiary/aromatic N) is 1. The Morgan fingerprint density at radius 3 is 2.29 bits per heavy atom. The molecule has 9 heteroatoms. The Labute approximate surface area is 118 Å². The van der Waals surface area contributed by atoms with Crippen LogP contribution in [-0.2, 0) is 0 Å². The number of benzene rings is 1. The maximum atomic E-state index is 10.3. The van der Waals surface area contributed by atoms with E-state index in [1.807, 2.05) is 0 Å². The van der Waals surface area contributed by atoms with Gasteiger partial charge in [-0.1, -0.05) is 0 Å². The topological polar surface area (TPSA) is 139 Å². The largest absolute Gasteiger partial charge is 1.00 e. The van der Waals surface area contributed by atoms with Crippen LogP contribution < -0.4 is 45.1 Å². The number of methoxy groups -OCH3 is 1. The first kappa shape index (κ1) is 17.9. The molecule has 0 radical (unpaired) electrons. The smallest absolute Gasteiger partial charge is 0.565 e. The van der Waals surface area contributed by atoms with Gasteiger partial charge in [0.15, 0.2) is 0 Å². The van der Waals surface area contributed by atoms with Crippen molar-refractivity contribution in [3.8, 4) is 5.75 Å². The third-order valence-corrected chi connectivity index (χ3v) is 1.36. The minimum atomic E-state index is -2.08. The first-order valence-electron chi connectivity index (χ1n) is 3.85. The molecule has 17 heavy (non-hydrogen) atoms. The van der Waals surface area contributed by atoms with E-state index in [9.17, 15) is 10.1 Å². The van der Waals surface area contributed by atoms with Crippen LogP contribution in [0.25, 0.3) is 0 Å². The molecule has 1 aromatic rings. The van der Waals surface area contributed by atoms with Crippen molar-refractivity contribution in [2.75, 3.05) is 12.8 Å². The zero-order chi connectivity index (χ0) is 12.7. The van der Waals surface area contributed by atoms with Gasteiger partial charge in [-0.2, -0.15) is 0 Å². The minimum absolute atomic E-state index is 0. The Morgan fingerprint density at radius 2 is 1.94 bits per heavy atom. The minimum Gasteiger partial charge on any atom is -0.565 e. The number of ether oxygens (including phenoxy) is 1. The SMILES string of the molecule is COc1cc(N)cc([N+](=O)[O-])c1.O=C([O-])O.[Na+]. The van der Waals surface area contributed by atoms with Gasteiger partial charge in [-0.25, -0.2) is 0 Å². The van der Waals surface area contributed by atoms with Gasteiger partial charge >= 0.3 is 29.6 Å². The van der Waals surface area contributed by atoms with Gasteiger partial charge in [0.25, 0.3) is 5.69 Å². The van der Waals surface area contributed by atoms with E-state index in [4.69, 9.17) is 25.5 Å². The quantitative estimate of drug-likeness (QED) is 0.248. The summed E-state index contributed by atoms with van der Waals surface area (Å²) in [4.78, 5) is 18.2. The monoisotopic (exact) mass is 252 g/mol. The molecular weight excluding hydrogens is 243 g/mol. The number of rotatable bonds is 2. The van der Waals surface area contributed by atoms with Crippen molar-refractivity contribution < 1.29 is 54.2 Å². The number of nitrogen functional groups attached to an aromatic ring is 1. The van der Waals surface area contributed by atoms with Gasteiger partial charge in [-0.15, -0.1) is 0 Å². The summed E-state index contributed by atoms with van der Waals surface area (Å²) in [6, 6.07) is 4.12. The third kappa shape index (κ3) is 8.31. The zero-order valence-corrected chi connectivity index (χ0v) is 11.2. The zero-order valence-electron chi connectivity index (χ0n) is 9.25. The predicted molar refractivity (Wildman–Crippen MR) is 52.1 cm³/mol. The standard InChI is InChI=1S/C7H8N2O3.CH2O3.Na/c1-12-7-3-5(8)2-6(4-7)9(10)11;2-1(3)4;/h2-4H,8H2,1H3;(H2,2,3,4);/q;;+1/p-1. The van der Waals surface area contributed by atoms with E-state index in [-0.39, 0.29) is 35.2 Å². The van der Waals surface area contributed by atoms with Crippen LogP contribution in [0.15, 0.2) is 18.2 Å². The second kappa shape index (κ2) is 8.62. The van der Waals surface area contributed by atoms with Crippen molar-refractivity contribution in [2.24, 2.45) is 0 Å². The maximum absolute atomic E-state index is 10.3. The number of nitro benzene ring substituents is 1. The van der Waals surface area contributed by atoms with Crippen LogP contribution in [0.5, 0.6) is 5.75 Å². The third-order valence-electron chi connectivity index (χ3n) is 1.36. The molecule has 0 saturated heterocycles. The van der Waals surface area contributed by atoms with Gasteiger partial charge in [0.2, 0.25) is 6.16 Å². The number of carbonyl (C=O) groups is 1. The molecule has 0 saturated carbocycles. The van der Waals surface area contributed by atoms with Crippen LogP contribution >= 0.6 is 0 Å². The molecule has 0 amide bonds. The molecular formula is C8H9N2NaO6. The molecule has 0 bridgehead atoms. The van der Waals surface area contributed by atoms with Gasteiger partial charge < -0.3 is 25.5 Å². The van der Waals surface area contributed by atoms with Gasteiger partial charge in [-0.05, 0) is 0 Å².